The molecule has 0 fully saturated rings. The van der Waals surface area contributed by atoms with Gasteiger partial charge in [-0.25, -0.2) is 0 Å². The summed E-state index contributed by atoms with van der Waals surface area (Å²) in [6.07, 6.45) is 1.71. The van der Waals surface area contributed by atoms with Crippen molar-refractivity contribution in [2.24, 2.45) is 5.16 Å². The van der Waals surface area contributed by atoms with Gasteiger partial charge in [0.15, 0.2) is 5.06 Å². The van der Waals surface area contributed by atoms with Crippen molar-refractivity contribution in [3.63, 3.8) is 0 Å². The monoisotopic (exact) mass is 395 g/mol. The highest BCUT2D eigenvalue weighted by molar-refractivity contribution is 7.13. The highest BCUT2D eigenvalue weighted by atomic mass is 32.1. The van der Waals surface area contributed by atoms with Crippen LogP contribution in [0.25, 0.3) is 0 Å². The van der Waals surface area contributed by atoms with Crippen molar-refractivity contribution in [1.29, 1.82) is 0 Å². The Balaban J connectivity index is 2.22. The van der Waals surface area contributed by atoms with Crippen molar-refractivity contribution in [3.8, 4) is 5.06 Å². The van der Waals surface area contributed by atoms with Gasteiger partial charge in [0, 0.05) is 5.56 Å². The van der Waals surface area contributed by atoms with E-state index < -0.39 is 8.32 Å². The van der Waals surface area contributed by atoms with Crippen LogP contribution >= 0.6 is 11.3 Å². The predicted molar refractivity (Wildman–Crippen MR) is 117 cm³/mol. The topological polar surface area (TPSA) is 30.8 Å². The van der Waals surface area contributed by atoms with E-state index in [4.69, 9.17) is 9.26 Å². The Labute approximate surface area is 166 Å². The smallest absolute Gasteiger partial charge is 0.321 e. The van der Waals surface area contributed by atoms with Crippen molar-refractivity contribution in [2.45, 2.75) is 25.8 Å². The van der Waals surface area contributed by atoms with E-state index in [-0.39, 0.29) is 5.04 Å². The first-order valence-electron chi connectivity index (χ1n) is 8.93. The third-order valence-corrected chi connectivity index (χ3v) is 10.5. The lowest BCUT2D eigenvalue weighted by Crippen LogP contribution is -2.68. The van der Waals surface area contributed by atoms with E-state index in [0.29, 0.717) is 0 Å². The highest BCUT2D eigenvalue weighted by Gasteiger charge is 2.52. The van der Waals surface area contributed by atoms with Gasteiger partial charge in [0.1, 0.15) is 7.11 Å². The maximum absolute atomic E-state index is 7.02. The molecule has 0 bridgehead atoms. The Bertz CT molecular complexity index is 846. The number of nitrogens with zero attached hydrogens (tertiary/aromatic N) is 1. The molecule has 0 unspecified atom stereocenters. The molecule has 2 aromatic carbocycles. The molecule has 0 radical (unpaired) electrons. The number of hydrogen-bond donors (Lipinski definition) is 0. The zero-order chi connectivity index (χ0) is 19.3. The molecule has 0 saturated carbocycles. The van der Waals surface area contributed by atoms with Crippen LogP contribution in [0.2, 0.25) is 5.04 Å². The van der Waals surface area contributed by atoms with Gasteiger partial charge in [-0.05, 0) is 26.9 Å². The molecule has 27 heavy (non-hydrogen) atoms. The quantitative estimate of drug-likeness (QED) is 0.345. The Hall–Kier alpha value is -2.37. The van der Waals surface area contributed by atoms with E-state index >= 15 is 0 Å². The molecule has 5 heteroatoms. The fourth-order valence-corrected chi connectivity index (χ4v) is 8.87. The third kappa shape index (κ3) is 3.84. The van der Waals surface area contributed by atoms with E-state index in [1.165, 1.54) is 10.4 Å². The molecule has 0 N–H and O–H groups in total. The summed E-state index contributed by atoms with van der Waals surface area (Å²) in [4.78, 5) is 4.87. The fourth-order valence-electron chi connectivity index (χ4n) is 3.38. The molecule has 0 amide bonds. The van der Waals surface area contributed by atoms with Crippen LogP contribution in [-0.4, -0.2) is 21.6 Å². The van der Waals surface area contributed by atoms with Gasteiger partial charge in [-0.1, -0.05) is 86.6 Å². The molecule has 0 saturated heterocycles. The van der Waals surface area contributed by atoms with E-state index in [1.807, 2.05) is 11.4 Å². The summed E-state index contributed by atoms with van der Waals surface area (Å²) in [6, 6.07) is 23.3. The summed E-state index contributed by atoms with van der Waals surface area (Å²) in [5, 5.41) is 9.28. The minimum absolute atomic E-state index is 0.0740. The van der Waals surface area contributed by atoms with Gasteiger partial charge in [-0.3, -0.25) is 0 Å². The van der Waals surface area contributed by atoms with E-state index in [2.05, 4.69) is 86.6 Å². The van der Waals surface area contributed by atoms with Crippen molar-refractivity contribution in [3.05, 3.63) is 77.7 Å². The molecule has 1 aromatic heterocycles. The summed E-state index contributed by atoms with van der Waals surface area (Å²) in [5.74, 6) is 0. The minimum atomic E-state index is -2.62. The summed E-state index contributed by atoms with van der Waals surface area (Å²) < 4.78 is 7.02. The normalized spacial score (nSPS) is 12.3. The largest absolute Gasteiger partial charge is 0.527 e. The van der Waals surface area contributed by atoms with Crippen LogP contribution in [-0.2, 0) is 4.84 Å². The molecule has 140 valence electrons. The van der Waals surface area contributed by atoms with E-state index in [1.54, 1.807) is 24.7 Å². The van der Waals surface area contributed by atoms with Gasteiger partial charge in [0.25, 0.3) is 0 Å². The van der Waals surface area contributed by atoms with Crippen LogP contribution in [0.4, 0.5) is 0 Å². The molecule has 3 rings (SSSR count). The average molecular weight is 396 g/mol. The maximum Gasteiger partial charge on any atom is 0.321 e. The van der Waals surface area contributed by atoms with Gasteiger partial charge < -0.3 is 9.26 Å². The lowest BCUT2D eigenvalue weighted by atomic mass is 10.2. The Morgan fingerprint density at radius 1 is 0.889 bits per heavy atom. The molecular formula is C22H25NO2SSi. The number of hydrogen-bond acceptors (Lipinski definition) is 4. The Morgan fingerprint density at radius 3 is 1.93 bits per heavy atom. The summed E-state index contributed by atoms with van der Waals surface area (Å²) >= 11 is 1.60. The Kier molecular flexibility index (Phi) is 5.82. The second-order valence-electron chi connectivity index (χ2n) is 7.35. The maximum atomic E-state index is 7.02. The number of benzene rings is 2. The van der Waals surface area contributed by atoms with Crippen LogP contribution in [0.15, 0.2) is 77.3 Å². The standard InChI is InChI=1S/C22H25NO2SSi/c1-22(2,3)27(19-11-7-5-8-12-19,20-13-9-6-10-14-20)25-21-18(15-16-26-21)17-23-24-4/h5-17H,1-4H3. The highest BCUT2D eigenvalue weighted by Crippen LogP contribution is 2.39. The number of rotatable bonds is 6. The van der Waals surface area contributed by atoms with Crippen LogP contribution < -0.4 is 14.8 Å². The molecule has 0 spiro atoms. The van der Waals surface area contributed by atoms with Gasteiger partial charge in [-0.2, -0.15) is 0 Å². The van der Waals surface area contributed by atoms with Crippen LogP contribution in [0.5, 0.6) is 5.06 Å². The van der Waals surface area contributed by atoms with Gasteiger partial charge >= 0.3 is 8.32 Å². The van der Waals surface area contributed by atoms with E-state index in [9.17, 15) is 0 Å². The van der Waals surface area contributed by atoms with Crippen molar-refractivity contribution in [2.75, 3.05) is 7.11 Å². The number of oxime groups is 1. The third-order valence-electron chi connectivity index (χ3n) is 4.62. The molecular weight excluding hydrogens is 370 g/mol. The van der Waals surface area contributed by atoms with Crippen LogP contribution in [0.3, 0.4) is 0 Å². The van der Waals surface area contributed by atoms with Crippen molar-refractivity contribution in [1.82, 2.24) is 0 Å². The van der Waals surface area contributed by atoms with Gasteiger partial charge in [-0.15, -0.1) is 11.3 Å². The zero-order valence-electron chi connectivity index (χ0n) is 16.2. The fraction of sp³-hybridized carbons (Fsp3) is 0.227. The lowest BCUT2D eigenvalue weighted by molar-refractivity contribution is 0.215. The number of thiophene rings is 1. The second-order valence-corrected chi connectivity index (χ2v) is 12.4. The van der Waals surface area contributed by atoms with Crippen LogP contribution in [0.1, 0.15) is 26.3 Å². The molecule has 0 aliphatic rings. The average Bonchev–Trinajstić information content (AvgIpc) is 3.11. The molecule has 0 atom stereocenters. The van der Waals surface area contributed by atoms with E-state index in [0.717, 1.165) is 10.6 Å². The van der Waals surface area contributed by atoms with Crippen molar-refractivity contribution < 1.29 is 9.26 Å². The van der Waals surface area contributed by atoms with Gasteiger partial charge in [0.2, 0.25) is 0 Å². The molecule has 1 heterocycles. The molecule has 3 aromatic rings. The predicted octanol–water partition coefficient (Wildman–Crippen LogP) is 4.67. The molecule has 0 aliphatic heterocycles. The molecule has 0 aliphatic carbocycles. The minimum Gasteiger partial charge on any atom is -0.527 e. The van der Waals surface area contributed by atoms with Crippen molar-refractivity contribution >= 4 is 36.2 Å². The summed E-state index contributed by atoms with van der Waals surface area (Å²) in [7, 11) is -1.07. The first-order chi connectivity index (χ1) is 13.0. The SMILES string of the molecule is CON=Cc1ccsc1O[Si](c1ccccc1)(c1ccccc1)C(C)(C)C. The molecule has 3 nitrogen and oxygen atoms in total. The Morgan fingerprint density at radius 2 is 1.44 bits per heavy atom. The van der Waals surface area contributed by atoms with Crippen LogP contribution in [0, 0.1) is 0 Å². The lowest BCUT2D eigenvalue weighted by Gasteiger charge is -2.42. The first-order valence-corrected chi connectivity index (χ1v) is 11.7. The second kappa shape index (κ2) is 8.11. The van der Waals surface area contributed by atoms with Gasteiger partial charge in [0.05, 0.1) is 6.21 Å². The summed E-state index contributed by atoms with van der Waals surface area (Å²) in [5.41, 5.74) is 0.940. The first kappa shape index (κ1) is 19.4. The summed E-state index contributed by atoms with van der Waals surface area (Å²) in [6.45, 7) is 6.82. The zero-order valence-corrected chi connectivity index (χ0v) is 18.0.